The maximum absolute atomic E-state index is 12.7. The van der Waals surface area contributed by atoms with Gasteiger partial charge in [0, 0.05) is 13.0 Å². The van der Waals surface area contributed by atoms with Gasteiger partial charge < -0.3 is 10.4 Å². The van der Waals surface area contributed by atoms with Gasteiger partial charge in [-0.2, -0.15) is 0 Å². The van der Waals surface area contributed by atoms with Gasteiger partial charge in [-0.3, -0.25) is 9.59 Å². The minimum Gasteiger partial charge on any atom is -0.481 e. The van der Waals surface area contributed by atoms with E-state index < -0.39 is 17.4 Å². The minimum atomic E-state index is -0.896. The molecule has 1 heterocycles. The number of amides is 1. The molecule has 1 amide bonds. The Hall–Kier alpha value is -2.77. The predicted octanol–water partition coefficient (Wildman–Crippen LogP) is 1.38. The smallest absolute Gasteiger partial charge is 0.309 e. The van der Waals surface area contributed by atoms with E-state index in [1.165, 1.54) is 4.68 Å². The third-order valence-corrected chi connectivity index (χ3v) is 4.16. The summed E-state index contributed by atoms with van der Waals surface area (Å²) in [5.74, 6) is -0.582. The Bertz CT molecular complexity index is 727. The second kappa shape index (κ2) is 7.87. The van der Waals surface area contributed by atoms with Gasteiger partial charge in [-0.05, 0) is 43.2 Å². The molecular formula is C17H23N5O3. The molecule has 8 heteroatoms. The maximum Gasteiger partial charge on any atom is 0.309 e. The summed E-state index contributed by atoms with van der Waals surface area (Å²) in [6.07, 6.45) is 0.779. The van der Waals surface area contributed by atoms with E-state index in [-0.39, 0.29) is 12.5 Å². The number of carbonyl (C=O) groups is 2. The van der Waals surface area contributed by atoms with Gasteiger partial charge >= 0.3 is 5.97 Å². The molecule has 1 aromatic carbocycles. The highest BCUT2D eigenvalue weighted by Gasteiger charge is 2.28. The number of aliphatic carboxylic acids is 1. The highest BCUT2D eigenvalue weighted by Crippen LogP contribution is 2.20. The topological polar surface area (TPSA) is 110 Å². The van der Waals surface area contributed by atoms with Gasteiger partial charge in [-0.25, -0.2) is 4.68 Å². The van der Waals surface area contributed by atoms with Crippen molar-refractivity contribution in [2.75, 3.05) is 6.54 Å². The number of benzene rings is 1. The van der Waals surface area contributed by atoms with Gasteiger partial charge in [0.05, 0.1) is 5.41 Å². The highest BCUT2D eigenvalue weighted by atomic mass is 16.4. The number of carboxylic acid groups (broad SMARTS) is 1. The first-order valence-corrected chi connectivity index (χ1v) is 8.11. The fourth-order valence-corrected chi connectivity index (χ4v) is 2.38. The number of nitrogens with one attached hydrogen (secondary N) is 1. The van der Waals surface area contributed by atoms with Crippen molar-refractivity contribution in [3.05, 3.63) is 41.7 Å². The number of nitrogens with zero attached hydrogens (tertiary/aromatic N) is 4. The summed E-state index contributed by atoms with van der Waals surface area (Å²) in [4.78, 5) is 23.8. The molecule has 25 heavy (non-hydrogen) atoms. The van der Waals surface area contributed by atoms with E-state index in [1.54, 1.807) is 20.8 Å². The molecule has 0 aliphatic rings. The zero-order valence-electron chi connectivity index (χ0n) is 14.6. The van der Waals surface area contributed by atoms with E-state index in [0.717, 1.165) is 5.56 Å². The van der Waals surface area contributed by atoms with Crippen molar-refractivity contribution < 1.29 is 14.7 Å². The van der Waals surface area contributed by atoms with Crippen molar-refractivity contribution in [1.29, 1.82) is 0 Å². The van der Waals surface area contributed by atoms with Crippen LogP contribution in [0.25, 0.3) is 0 Å². The summed E-state index contributed by atoms with van der Waals surface area (Å²) >= 11 is 0. The molecule has 0 bridgehead atoms. The van der Waals surface area contributed by atoms with Crippen LogP contribution in [-0.4, -0.2) is 43.7 Å². The highest BCUT2D eigenvalue weighted by molar-refractivity contribution is 5.80. The van der Waals surface area contributed by atoms with Crippen LogP contribution in [0.4, 0.5) is 0 Å². The first kappa shape index (κ1) is 18.6. The minimum absolute atomic E-state index is 0.236. The molecule has 0 saturated heterocycles. The lowest BCUT2D eigenvalue weighted by atomic mass is 9.89. The van der Waals surface area contributed by atoms with E-state index in [9.17, 15) is 9.59 Å². The standard InChI is InChI=1S/C17H23N5O3/c1-12-19-20-21-22(12)14(11-13-7-5-4-6-8-13)15(23)18-10-9-17(2,3)16(24)25/h4-8,14H,9-11H2,1-3H3,(H,18,23)(H,24,25). The molecule has 0 aliphatic carbocycles. The van der Waals surface area contributed by atoms with Crippen LogP contribution < -0.4 is 5.32 Å². The lowest BCUT2D eigenvalue weighted by molar-refractivity contribution is -0.147. The van der Waals surface area contributed by atoms with Crippen LogP contribution >= 0.6 is 0 Å². The van der Waals surface area contributed by atoms with E-state index in [0.29, 0.717) is 18.7 Å². The van der Waals surface area contributed by atoms with Crippen molar-refractivity contribution >= 4 is 11.9 Å². The van der Waals surface area contributed by atoms with E-state index >= 15 is 0 Å². The summed E-state index contributed by atoms with van der Waals surface area (Å²) in [5.41, 5.74) is 0.0934. The van der Waals surface area contributed by atoms with Crippen molar-refractivity contribution in [1.82, 2.24) is 25.5 Å². The Morgan fingerprint density at radius 3 is 2.52 bits per heavy atom. The van der Waals surface area contributed by atoms with Gasteiger partial charge in [0.25, 0.3) is 0 Å². The molecule has 2 aromatic rings. The number of aryl methyl sites for hydroxylation is 1. The Kier molecular flexibility index (Phi) is 5.84. The molecular weight excluding hydrogens is 322 g/mol. The van der Waals surface area contributed by atoms with Crippen LogP contribution in [0.5, 0.6) is 0 Å². The quantitative estimate of drug-likeness (QED) is 0.748. The van der Waals surface area contributed by atoms with Crippen molar-refractivity contribution in [3.8, 4) is 0 Å². The van der Waals surface area contributed by atoms with E-state index in [1.807, 2.05) is 30.3 Å². The molecule has 1 unspecified atom stereocenters. The molecule has 0 radical (unpaired) electrons. The van der Waals surface area contributed by atoms with Gasteiger partial charge in [-0.1, -0.05) is 30.3 Å². The van der Waals surface area contributed by atoms with E-state index in [4.69, 9.17) is 5.11 Å². The number of aromatic nitrogens is 4. The van der Waals surface area contributed by atoms with Gasteiger partial charge in [0.1, 0.15) is 11.9 Å². The normalized spacial score (nSPS) is 12.6. The second-order valence-corrected chi connectivity index (χ2v) is 6.61. The van der Waals surface area contributed by atoms with Crippen LogP contribution in [0.2, 0.25) is 0 Å². The third kappa shape index (κ3) is 4.85. The molecule has 0 aliphatic heterocycles. The largest absolute Gasteiger partial charge is 0.481 e. The van der Waals surface area contributed by atoms with Gasteiger partial charge in [-0.15, -0.1) is 5.10 Å². The van der Waals surface area contributed by atoms with Crippen molar-refractivity contribution in [2.24, 2.45) is 5.41 Å². The Morgan fingerprint density at radius 1 is 1.28 bits per heavy atom. The van der Waals surface area contributed by atoms with Crippen LogP contribution in [0.1, 0.15) is 37.7 Å². The summed E-state index contributed by atoms with van der Waals surface area (Å²) < 4.78 is 1.49. The first-order chi connectivity index (χ1) is 11.8. The number of carbonyl (C=O) groups excluding carboxylic acids is 1. The Morgan fingerprint density at radius 2 is 1.96 bits per heavy atom. The van der Waals surface area contributed by atoms with Crippen LogP contribution in [0.15, 0.2) is 30.3 Å². The number of tetrazole rings is 1. The zero-order valence-corrected chi connectivity index (χ0v) is 14.6. The number of hydrogen-bond acceptors (Lipinski definition) is 5. The Labute approximate surface area is 146 Å². The summed E-state index contributed by atoms with van der Waals surface area (Å²) in [6, 6.07) is 9.01. The monoisotopic (exact) mass is 345 g/mol. The molecule has 1 atom stereocenters. The van der Waals surface area contributed by atoms with E-state index in [2.05, 4.69) is 20.8 Å². The summed E-state index contributed by atoms with van der Waals surface area (Å²) in [5, 5.41) is 23.3. The van der Waals surface area contributed by atoms with Crippen LogP contribution in [0, 0.1) is 12.3 Å². The molecule has 0 spiro atoms. The zero-order chi connectivity index (χ0) is 18.4. The summed E-state index contributed by atoms with van der Waals surface area (Å²) in [6.45, 7) is 5.27. The molecule has 8 nitrogen and oxygen atoms in total. The lowest BCUT2D eigenvalue weighted by Crippen LogP contribution is -2.37. The molecule has 2 rings (SSSR count). The van der Waals surface area contributed by atoms with Gasteiger partial charge in [0.15, 0.2) is 0 Å². The average Bonchev–Trinajstić information content (AvgIpc) is 2.99. The fourth-order valence-electron chi connectivity index (χ4n) is 2.38. The fraction of sp³-hybridized carbons (Fsp3) is 0.471. The molecule has 1 aromatic heterocycles. The third-order valence-electron chi connectivity index (χ3n) is 4.16. The second-order valence-electron chi connectivity index (χ2n) is 6.61. The van der Waals surface area contributed by atoms with Gasteiger partial charge in [0.2, 0.25) is 5.91 Å². The van der Waals surface area contributed by atoms with Crippen LogP contribution in [0.3, 0.4) is 0 Å². The lowest BCUT2D eigenvalue weighted by Gasteiger charge is -2.21. The number of hydrogen-bond donors (Lipinski definition) is 2. The average molecular weight is 345 g/mol. The van der Waals surface area contributed by atoms with Crippen molar-refractivity contribution in [3.63, 3.8) is 0 Å². The molecule has 2 N–H and O–H groups in total. The van der Waals surface area contributed by atoms with Crippen LogP contribution in [-0.2, 0) is 16.0 Å². The molecule has 0 saturated carbocycles. The number of carboxylic acids is 1. The SMILES string of the molecule is Cc1nnnn1C(Cc1ccccc1)C(=O)NCCC(C)(C)C(=O)O. The number of rotatable bonds is 8. The predicted molar refractivity (Wildman–Crippen MR) is 90.8 cm³/mol. The first-order valence-electron chi connectivity index (χ1n) is 8.11. The molecule has 134 valence electrons. The Balaban J connectivity index is 2.09. The summed E-state index contributed by atoms with van der Waals surface area (Å²) in [7, 11) is 0. The van der Waals surface area contributed by atoms with Crippen molar-refractivity contribution in [2.45, 2.75) is 39.7 Å². The maximum atomic E-state index is 12.7. The molecule has 0 fully saturated rings.